The normalized spacial score (nSPS) is 17.3. The van der Waals surface area contributed by atoms with Crippen molar-refractivity contribution in [1.82, 2.24) is 4.90 Å². The number of morpholine rings is 1. The van der Waals surface area contributed by atoms with Crippen LogP contribution in [0.25, 0.3) is 6.08 Å². The summed E-state index contributed by atoms with van der Waals surface area (Å²) in [6.45, 7) is 5.24. The van der Waals surface area contributed by atoms with Crippen LogP contribution in [0, 0.1) is 5.82 Å². The van der Waals surface area contributed by atoms with Gasteiger partial charge in [-0.15, -0.1) is 0 Å². The van der Waals surface area contributed by atoms with Crippen LogP contribution in [0.5, 0.6) is 0 Å². The summed E-state index contributed by atoms with van der Waals surface area (Å²) in [7, 11) is 0. The van der Waals surface area contributed by atoms with Gasteiger partial charge < -0.3 is 15.0 Å². The third kappa shape index (κ3) is 4.84. The molecule has 0 radical (unpaired) electrons. The van der Waals surface area contributed by atoms with Crippen molar-refractivity contribution in [3.8, 4) is 0 Å². The summed E-state index contributed by atoms with van der Waals surface area (Å²) >= 11 is 0. The zero-order valence-corrected chi connectivity index (χ0v) is 15.9. The van der Waals surface area contributed by atoms with E-state index in [9.17, 15) is 14.0 Å². The molecular formula is C22H23FN2O3. The predicted octanol–water partition coefficient (Wildman–Crippen LogP) is 3.73. The number of ether oxygens (including phenoxy) is 1. The molecule has 0 aromatic heterocycles. The summed E-state index contributed by atoms with van der Waals surface area (Å²) in [4.78, 5) is 26.7. The Morgan fingerprint density at radius 1 is 1.18 bits per heavy atom. The number of benzene rings is 2. The first-order valence-corrected chi connectivity index (χ1v) is 9.19. The molecule has 0 saturated carbocycles. The number of hydrogen-bond acceptors (Lipinski definition) is 3. The monoisotopic (exact) mass is 382 g/mol. The van der Waals surface area contributed by atoms with Crippen LogP contribution < -0.4 is 5.32 Å². The number of rotatable bonds is 4. The molecule has 1 aliphatic rings. The highest BCUT2D eigenvalue weighted by Crippen LogP contribution is 2.16. The third-order valence-corrected chi connectivity index (χ3v) is 4.55. The van der Waals surface area contributed by atoms with Gasteiger partial charge in [-0.05, 0) is 50.3 Å². The van der Waals surface area contributed by atoms with Gasteiger partial charge in [-0.2, -0.15) is 0 Å². The minimum Gasteiger partial charge on any atom is -0.375 e. The number of hydrogen-bond donors (Lipinski definition) is 1. The molecule has 5 nitrogen and oxygen atoms in total. The molecule has 0 spiro atoms. The van der Waals surface area contributed by atoms with Crippen molar-refractivity contribution in [3.05, 3.63) is 71.0 Å². The number of carbonyl (C=O) groups is 2. The molecule has 146 valence electrons. The molecule has 1 atom stereocenters. The van der Waals surface area contributed by atoms with E-state index in [0.717, 1.165) is 0 Å². The first-order valence-electron chi connectivity index (χ1n) is 9.19. The fourth-order valence-corrected chi connectivity index (χ4v) is 3.00. The topological polar surface area (TPSA) is 58.6 Å². The Labute approximate surface area is 163 Å². The van der Waals surface area contributed by atoms with E-state index < -0.39 is 0 Å². The van der Waals surface area contributed by atoms with Gasteiger partial charge in [0.25, 0.3) is 11.8 Å². The molecule has 2 amide bonds. The van der Waals surface area contributed by atoms with E-state index in [0.29, 0.717) is 42.1 Å². The second-order valence-electron chi connectivity index (χ2n) is 6.81. The molecule has 1 unspecified atom stereocenters. The Bertz CT molecular complexity index is 893. The largest absolute Gasteiger partial charge is 0.375 e. The van der Waals surface area contributed by atoms with E-state index in [2.05, 4.69) is 5.32 Å². The zero-order valence-electron chi connectivity index (χ0n) is 15.9. The average molecular weight is 382 g/mol. The highest BCUT2D eigenvalue weighted by Gasteiger charge is 2.22. The Morgan fingerprint density at radius 3 is 2.57 bits per heavy atom. The first-order chi connectivity index (χ1) is 13.4. The molecule has 3 rings (SSSR count). The smallest absolute Gasteiger partial charge is 0.254 e. The van der Waals surface area contributed by atoms with Gasteiger partial charge in [0.05, 0.1) is 12.7 Å². The molecular weight excluding hydrogens is 359 g/mol. The van der Waals surface area contributed by atoms with E-state index in [4.69, 9.17) is 4.74 Å². The fourth-order valence-electron chi connectivity index (χ4n) is 3.00. The van der Waals surface area contributed by atoms with Gasteiger partial charge in [0.15, 0.2) is 0 Å². The van der Waals surface area contributed by atoms with Gasteiger partial charge in [0, 0.05) is 35.5 Å². The molecule has 0 aliphatic carbocycles. The third-order valence-electron chi connectivity index (χ3n) is 4.55. The Kier molecular flexibility index (Phi) is 6.21. The number of nitrogens with one attached hydrogen (secondary N) is 1. The van der Waals surface area contributed by atoms with E-state index >= 15 is 0 Å². The van der Waals surface area contributed by atoms with Crippen LogP contribution in [0.3, 0.4) is 0 Å². The minimum absolute atomic E-state index is 0.0282. The molecule has 1 fully saturated rings. The second kappa shape index (κ2) is 8.80. The number of carbonyl (C=O) groups excluding carboxylic acids is 2. The standard InChI is InChI=1S/C22H23FN2O3/c1-15(13-18-5-3-4-6-20(18)23)21(26)24-19-9-7-17(8-10-19)22(27)25-11-12-28-16(2)14-25/h3-10,13,16H,11-12,14H2,1-2H3,(H,24,26)/b15-13+. The van der Waals surface area contributed by atoms with Gasteiger partial charge >= 0.3 is 0 Å². The Balaban J connectivity index is 1.64. The van der Waals surface area contributed by atoms with Crippen LogP contribution >= 0.6 is 0 Å². The van der Waals surface area contributed by atoms with Gasteiger partial charge in [-0.3, -0.25) is 9.59 Å². The van der Waals surface area contributed by atoms with Crippen LogP contribution in [-0.2, 0) is 9.53 Å². The molecule has 0 bridgehead atoms. The van der Waals surface area contributed by atoms with Crippen LogP contribution in [-0.4, -0.2) is 42.5 Å². The number of anilines is 1. The molecule has 1 saturated heterocycles. The lowest BCUT2D eigenvalue weighted by molar-refractivity contribution is -0.112. The van der Waals surface area contributed by atoms with E-state index in [1.165, 1.54) is 12.1 Å². The zero-order chi connectivity index (χ0) is 20.1. The maximum Gasteiger partial charge on any atom is 0.254 e. The predicted molar refractivity (Wildman–Crippen MR) is 106 cm³/mol. The van der Waals surface area contributed by atoms with Crippen molar-refractivity contribution in [1.29, 1.82) is 0 Å². The number of amides is 2. The minimum atomic E-state index is -0.380. The van der Waals surface area contributed by atoms with Crippen molar-refractivity contribution < 1.29 is 18.7 Å². The van der Waals surface area contributed by atoms with E-state index in [-0.39, 0.29) is 23.7 Å². The van der Waals surface area contributed by atoms with Crippen LogP contribution in [0.4, 0.5) is 10.1 Å². The quantitative estimate of drug-likeness (QED) is 0.820. The second-order valence-corrected chi connectivity index (χ2v) is 6.81. The molecule has 1 aliphatic heterocycles. The maximum absolute atomic E-state index is 13.7. The highest BCUT2D eigenvalue weighted by molar-refractivity contribution is 6.06. The highest BCUT2D eigenvalue weighted by atomic mass is 19.1. The Hall–Kier alpha value is -2.99. The SMILES string of the molecule is C/C(=C\c1ccccc1F)C(=O)Nc1ccc(C(=O)N2CCOC(C)C2)cc1. The summed E-state index contributed by atoms with van der Waals surface area (Å²) in [5, 5.41) is 2.76. The van der Waals surface area contributed by atoms with Crippen LogP contribution in [0.2, 0.25) is 0 Å². The first kappa shape index (κ1) is 19.8. The van der Waals surface area contributed by atoms with Gasteiger partial charge in [-0.25, -0.2) is 4.39 Å². The molecule has 2 aromatic carbocycles. The maximum atomic E-state index is 13.7. The summed E-state index contributed by atoms with van der Waals surface area (Å²) in [6.07, 6.45) is 1.53. The van der Waals surface area contributed by atoms with E-state index in [1.807, 2.05) is 6.92 Å². The van der Waals surface area contributed by atoms with Crippen molar-refractivity contribution in [2.75, 3.05) is 25.0 Å². The summed E-state index contributed by atoms with van der Waals surface area (Å²) < 4.78 is 19.2. The lowest BCUT2D eigenvalue weighted by Gasteiger charge is -2.31. The lowest BCUT2D eigenvalue weighted by atomic mass is 10.1. The molecule has 28 heavy (non-hydrogen) atoms. The van der Waals surface area contributed by atoms with Crippen molar-refractivity contribution in [3.63, 3.8) is 0 Å². The summed E-state index contributed by atoms with van der Waals surface area (Å²) in [6, 6.07) is 13.0. The number of halogens is 1. The average Bonchev–Trinajstić information content (AvgIpc) is 2.69. The molecule has 2 aromatic rings. The van der Waals surface area contributed by atoms with Crippen LogP contribution in [0.15, 0.2) is 54.1 Å². The van der Waals surface area contributed by atoms with Gasteiger partial charge in [0.1, 0.15) is 5.82 Å². The van der Waals surface area contributed by atoms with Crippen LogP contribution in [0.1, 0.15) is 29.8 Å². The van der Waals surface area contributed by atoms with Crippen molar-refractivity contribution in [2.24, 2.45) is 0 Å². The summed E-state index contributed by atoms with van der Waals surface area (Å²) in [5.74, 6) is -0.761. The molecule has 6 heteroatoms. The molecule has 1 N–H and O–H groups in total. The van der Waals surface area contributed by atoms with Crippen molar-refractivity contribution >= 4 is 23.6 Å². The molecule has 1 heterocycles. The fraction of sp³-hybridized carbons (Fsp3) is 0.273. The number of nitrogens with zero attached hydrogens (tertiary/aromatic N) is 1. The van der Waals surface area contributed by atoms with E-state index in [1.54, 1.807) is 54.3 Å². The summed E-state index contributed by atoms with van der Waals surface area (Å²) in [5.41, 5.74) is 1.87. The lowest BCUT2D eigenvalue weighted by Crippen LogP contribution is -2.44. The van der Waals surface area contributed by atoms with Crippen molar-refractivity contribution in [2.45, 2.75) is 20.0 Å². The Morgan fingerprint density at radius 2 is 1.89 bits per heavy atom. The van der Waals surface area contributed by atoms with Gasteiger partial charge in [0.2, 0.25) is 0 Å². The van der Waals surface area contributed by atoms with Gasteiger partial charge in [-0.1, -0.05) is 18.2 Å².